The molecular formula is C25H27N3OS. The van der Waals surface area contributed by atoms with E-state index in [1.165, 1.54) is 0 Å². The molecule has 0 aromatic heterocycles. The van der Waals surface area contributed by atoms with Crippen LogP contribution in [0.1, 0.15) is 62.5 Å². The smallest absolute Gasteiger partial charge is 0.236 e. The van der Waals surface area contributed by atoms with Crippen LogP contribution in [0.5, 0.6) is 0 Å². The summed E-state index contributed by atoms with van der Waals surface area (Å²) in [6.45, 7) is 0. The largest absolute Gasteiger partial charge is 0.332 e. The van der Waals surface area contributed by atoms with Crippen molar-refractivity contribution in [1.29, 1.82) is 5.26 Å². The Kier molecular flexibility index (Phi) is 5.87. The molecule has 0 atom stereocenters. The molecule has 2 saturated carbocycles. The Morgan fingerprint density at radius 2 is 1.47 bits per heavy atom. The van der Waals surface area contributed by atoms with Crippen LogP contribution >= 0.6 is 12.2 Å². The van der Waals surface area contributed by atoms with E-state index >= 15 is 0 Å². The van der Waals surface area contributed by atoms with Gasteiger partial charge in [-0.25, -0.2) is 0 Å². The quantitative estimate of drug-likeness (QED) is 0.659. The van der Waals surface area contributed by atoms with Crippen LogP contribution in [0.25, 0.3) is 0 Å². The molecule has 0 aliphatic heterocycles. The zero-order valence-corrected chi connectivity index (χ0v) is 17.9. The van der Waals surface area contributed by atoms with Crippen LogP contribution in [0.4, 0.5) is 5.69 Å². The fraction of sp³-hybridized carbons (Fsp3) is 0.400. The van der Waals surface area contributed by atoms with E-state index in [4.69, 9.17) is 12.2 Å². The Balaban J connectivity index is 1.43. The third-order valence-corrected chi connectivity index (χ3v) is 7.02. The number of hydrogen-bond acceptors (Lipinski definition) is 3. The maximum Gasteiger partial charge on any atom is 0.236 e. The number of carbonyl (C=O) groups excluding carboxylic acids is 1. The molecule has 2 aliphatic carbocycles. The molecule has 0 radical (unpaired) electrons. The first-order valence-corrected chi connectivity index (χ1v) is 11.2. The van der Waals surface area contributed by atoms with Gasteiger partial charge in [0, 0.05) is 5.69 Å². The zero-order chi connectivity index (χ0) is 21.0. The van der Waals surface area contributed by atoms with Gasteiger partial charge in [0.15, 0.2) is 5.11 Å². The second-order valence-corrected chi connectivity index (χ2v) is 8.95. The topological polar surface area (TPSA) is 64.9 Å². The van der Waals surface area contributed by atoms with Crippen molar-refractivity contribution in [3.63, 3.8) is 0 Å². The molecule has 4 rings (SSSR count). The zero-order valence-electron chi connectivity index (χ0n) is 17.1. The van der Waals surface area contributed by atoms with Crippen LogP contribution in [-0.2, 0) is 15.6 Å². The molecule has 2 aromatic carbocycles. The first-order valence-electron chi connectivity index (χ1n) is 10.8. The van der Waals surface area contributed by atoms with E-state index in [9.17, 15) is 10.1 Å². The summed E-state index contributed by atoms with van der Waals surface area (Å²) in [5.41, 5.74) is 2.09. The molecule has 30 heavy (non-hydrogen) atoms. The van der Waals surface area contributed by atoms with Gasteiger partial charge >= 0.3 is 0 Å². The molecule has 2 aromatic rings. The van der Waals surface area contributed by atoms with E-state index in [1.807, 2.05) is 54.6 Å². The molecule has 1 amide bonds. The summed E-state index contributed by atoms with van der Waals surface area (Å²) in [5.74, 6) is -0.0327. The Morgan fingerprint density at radius 1 is 0.867 bits per heavy atom. The van der Waals surface area contributed by atoms with E-state index in [2.05, 4.69) is 16.7 Å². The lowest BCUT2D eigenvalue weighted by atomic mass is 9.78. The molecule has 0 unspecified atom stereocenters. The number of amides is 1. The molecule has 154 valence electrons. The van der Waals surface area contributed by atoms with Crippen molar-refractivity contribution < 1.29 is 4.79 Å². The van der Waals surface area contributed by atoms with E-state index in [0.717, 1.165) is 68.2 Å². The number of anilines is 1. The molecule has 0 bridgehead atoms. The highest BCUT2D eigenvalue weighted by Crippen LogP contribution is 2.42. The molecule has 2 aliphatic rings. The number of nitrogens with one attached hydrogen (secondary N) is 2. The van der Waals surface area contributed by atoms with E-state index in [0.29, 0.717) is 5.11 Å². The van der Waals surface area contributed by atoms with Gasteiger partial charge in [0.2, 0.25) is 5.91 Å². The average molecular weight is 418 g/mol. The number of benzene rings is 2. The second-order valence-electron chi connectivity index (χ2n) is 8.54. The van der Waals surface area contributed by atoms with Gasteiger partial charge in [-0.2, -0.15) is 5.26 Å². The first-order chi connectivity index (χ1) is 14.6. The SMILES string of the molecule is N#CC1(c2ccc(NC(=S)NC(=O)C3(c4ccccc4)CCCC3)cc2)CCCC1. The fourth-order valence-electron chi connectivity index (χ4n) is 5.08. The minimum atomic E-state index is -0.501. The third-order valence-electron chi connectivity index (χ3n) is 6.81. The summed E-state index contributed by atoms with van der Waals surface area (Å²) in [4.78, 5) is 13.2. The van der Waals surface area contributed by atoms with Crippen molar-refractivity contribution in [2.24, 2.45) is 0 Å². The van der Waals surface area contributed by atoms with Gasteiger partial charge in [-0.15, -0.1) is 0 Å². The highest BCUT2D eigenvalue weighted by molar-refractivity contribution is 7.80. The van der Waals surface area contributed by atoms with Gasteiger partial charge in [0.05, 0.1) is 16.9 Å². The van der Waals surface area contributed by atoms with Crippen molar-refractivity contribution in [3.8, 4) is 6.07 Å². The molecule has 0 spiro atoms. The summed E-state index contributed by atoms with van der Waals surface area (Å²) >= 11 is 5.44. The third kappa shape index (κ3) is 3.85. The predicted octanol–water partition coefficient (Wildman–Crippen LogP) is 5.35. The second kappa shape index (κ2) is 8.57. The summed E-state index contributed by atoms with van der Waals surface area (Å²) in [6, 6.07) is 20.4. The highest BCUT2D eigenvalue weighted by atomic mass is 32.1. The minimum Gasteiger partial charge on any atom is -0.332 e. The molecule has 0 saturated heterocycles. The molecule has 4 nitrogen and oxygen atoms in total. The standard InChI is InChI=1S/C25H27N3OS/c26-18-24(14-4-5-15-24)19-10-12-21(13-11-19)27-23(30)28-22(29)25(16-6-7-17-25)20-8-2-1-3-9-20/h1-3,8-13H,4-7,14-17H2,(H2,27,28,29,30). The normalized spacial score (nSPS) is 19.0. The number of hydrogen-bond donors (Lipinski definition) is 2. The molecule has 2 fully saturated rings. The van der Waals surface area contributed by atoms with Gasteiger partial charge in [-0.05, 0) is 61.2 Å². The Morgan fingerprint density at radius 3 is 2.07 bits per heavy atom. The summed E-state index contributed by atoms with van der Waals surface area (Å²) in [5, 5.41) is 16.0. The summed E-state index contributed by atoms with van der Waals surface area (Å²) in [6.07, 6.45) is 7.83. The Hall–Kier alpha value is -2.71. The van der Waals surface area contributed by atoms with E-state index in [-0.39, 0.29) is 11.3 Å². The van der Waals surface area contributed by atoms with Crippen LogP contribution in [0.3, 0.4) is 0 Å². The van der Waals surface area contributed by atoms with Crippen molar-refractivity contribution in [1.82, 2.24) is 5.32 Å². The van der Waals surface area contributed by atoms with E-state index < -0.39 is 5.41 Å². The number of rotatable bonds is 4. The maximum absolute atomic E-state index is 13.2. The maximum atomic E-state index is 13.2. The van der Waals surface area contributed by atoms with Crippen LogP contribution in [0.2, 0.25) is 0 Å². The van der Waals surface area contributed by atoms with Crippen molar-refractivity contribution in [3.05, 3.63) is 65.7 Å². The highest BCUT2D eigenvalue weighted by Gasteiger charge is 2.43. The number of nitrogens with zero attached hydrogens (tertiary/aromatic N) is 1. The summed E-state index contributed by atoms with van der Waals surface area (Å²) < 4.78 is 0. The average Bonchev–Trinajstić information content (AvgIpc) is 3.46. The van der Waals surface area contributed by atoms with Crippen molar-refractivity contribution >= 4 is 28.9 Å². The van der Waals surface area contributed by atoms with Crippen LogP contribution in [-0.4, -0.2) is 11.0 Å². The van der Waals surface area contributed by atoms with Crippen molar-refractivity contribution in [2.75, 3.05) is 5.32 Å². The monoisotopic (exact) mass is 417 g/mol. The van der Waals surface area contributed by atoms with Gasteiger partial charge in [0.1, 0.15) is 0 Å². The molecule has 2 N–H and O–H groups in total. The fourth-order valence-corrected chi connectivity index (χ4v) is 5.29. The molecule has 0 heterocycles. The lowest BCUT2D eigenvalue weighted by molar-refractivity contribution is -0.125. The van der Waals surface area contributed by atoms with Crippen molar-refractivity contribution in [2.45, 2.75) is 62.2 Å². The first kappa shape index (κ1) is 20.6. The number of carbonyl (C=O) groups is 1. The van der Waals surface area contributed by atoms with Crippen LogP contribution < -0.4 is 10.6 Å². The molecular weight excluding hydrogens is 390 g/mol. The molecule has 5 heteroatoms. The Labute approximate surface area is 183 Å². The van der Waals surface area contributed by atoms with E-state index in [1.54, 1.807) is 0 Å². The van der Waals surface area contributed by atoms with Gasteiger partial charge < -0.3 is 10.6 Å². The van der Waals surface area contributed by atoms with Gasteiger partial charge in [-0.1, -0.05) is 68.1 Å². The van der Waals surface area contributed by atoms with Gasteiger partial charge in [-0.3, -0.25) is 4.79 Å². The number of nitriles is 1. The lowest BCUT2D eigenvalue weighted by Crippen LogP contribution is -2.46. The Bertz CT molecular complexity index is 950. The van der Waals surface area contributed by atoms with Gasteiger partial charge in [0.25, 0.3) is 0 Å². The van der Waals surface area contributed by atoms with Crippen LogP contribution in [0.15, 0.2) is 54.6 Å². The van der Waals surface area contributed by atoms with Crippen LogP contribution in [0, 0.1) is 11.3 Å². The predicted molar refractivity (Wildman–Crippen MR) is 123 cm³/mol. The lowest BCUT2D eigenvalue weighted by Gasteiger charge is -2.28. The minimum absolute atomic E-state index is 0.0327. The summed E-state index contributed by atoms with van der Waals surface area (Å²) in [7, 11) is 0. The number of thiocarbonyl (C=S) groups is 1.